The molecule has 5 heteroatoms. The molecule has 0 aliphatic carbocycles. The summed E-state index contributed by atoms with van der Waals surface area (Å²) in [6, 6.07) is 6.53. The van der Waals surface area contributed by atoms with Crippen molar-refractivity contribution in [2.45, 2.75) is 46.2 Å². The second kappa shape index (κ2) is 8.76. The maximum Gasteiger partial charge on any atom is 0.161 e. The number of methoxy groups -OCH3 is 1. The predicted molar refractivity (Wildman–Crippen MR) is 97.7 cm³/mol. The normalized spacial score (nSPS) is 20.7. The molecule has 0 radical (unpaired) electrons. The largest absolute Gasteiger partial charge is 0.493 e. The number of nitrogens with two attached hydrogens (primary N) is 1. The molecular weight excluding hydrogens is 312 g/mol. The molecule has 2 N–H and O–H groups in total. The Hall–Kier alpha value is -0.970. The minimum atomic E-state index is 0. The van der Waals surface area contributed by atoms with E-state index in [2.05, 4.69) is 37.8 Å². The maximum absolute atomic E-state index is 6.22. The summed E-state index contributed by atoms with van der Waals surface area (Å²) in [5, 5.41) is 0. The van der Waals surface area contributed by atoms with Crippen LogP contribution in [0.2, 0.25) is 0 Å². The molecule has 1 aliphatic heterocycles. The van der Waals surface area contributed by atoms with Crippen molar-refractivity contribution >= 4 is 12.4 Å². The maximum atomic E-state index is 6.22. The van der Waals surface area contributed by atoms with Crippen LogP contribution in [0.15, 0.2) is 18.2 Å². The van der Waals surface area contributed by atoms with Crippen molar-refractivity contribution in [3.8, 4) is 11.5 Å². The number of ether oxygens (including phenoxy) is 2. The van der Waals surface area contributed by atoms with Crippen molar-refractivity contribution in [2.24, 2.45) is 11.1 Å². The van der Waals surface area contributed by atoms with E-state index in [4.69, 9.17) is 15.2 Å². The van der Waals surface area contributed by atoms with Crippen LogP contribution in [0.5, 0.6) is 11.5 Å². The molecule has 23 heavy (non-hydrogen) atoms. The molecular formula is C18H31ClN2O2. The highest BCUT2D eigenvalue weighted by atomic mass is 35.5. The summed E-state index contributed by atoms with van der Waals surface area (Å²) in [5.41, 5.74) is 7.66. The molecule has 0 bridgehead atoms. The molecule has 1 atom stereocenters. The highest BCUT2D eigenvalue weighted by Gasteiger charge is 2.33. The average molecular weight is 343 g/mol. The lowest BCUT2D eigenvalue weighted by Crippen LogP contribution is -2.52. The van der Waals surface area contributed by atoms with Gasteiger partial charge < -0.3 is 15.2 Å². The summed E-state index contributed by atoms with van der Waals surface area (Å²) in [4.78, 5) is 2.48. The lowest BCUT2D eigenvalue weighted by molar-refractivity contribution is 0.0898. The Morgan fingerprint density at radius 3 is 2.65 bits per heavy atom. The molecule has 0 amide bonds. The van der Waals surface area contributed by atoms with Crippen LogP contribution in [-0.4, -0.2) is 37.7 Å². The van der Waals surface area contributed by atoms with E-state index in [0.717, 1.165) is 44.0 Å². The fourth-order valence-corrected chi connectivity index (χ4v) is 3.02. The summed E-state index contributed by atoms with van der Waals surface area (Å²) in [6.07, 6.45) is 2.05. The predicted octanol–water partition coefficient (Wildman–Crippen LogP) is 3.47. The summed E-state index contributed by atoms with van der Waals surface area (Å²) in [6.45, 7) is 10.4. The first-order valence-electron chi connectivity index (χ1n) is 8.24. The molecule has 1 unspecified atom stereocenters. The minimum absolute atomic E-state index is 0. The number of benzene rings is 1. The molecule has 4 nitrogen and oxygen atoms in total. The van der Waals surface area contributed by atoms with E-state index in [0.29, 0.717) is 12.6 Å². The second-order valence-electron chi connectivity index (χ2n) is 6.93. The molecule has 1 aromatic carbocycles. The molecule has 2 rings (SSSR count). The average Bonchev–Trinajstić information content (AvgIpc) is 2.49. The Labute approximate surface area is 146 Å². The van der Waals surface area contributed by atoms with Gasteiger partial charge in [-0.1, -0.05) is 26.8 Å². The Bertz CT molecular complexity index is 494. The monoisotopic (exact) mass is 342 g/mol. The van der Waals surface area contributed by atoms with Crippen LogP contribution in [0.1, 0.15) is 39.2 Å². The van der Waals surface area contributed by atoms with Crippen molar-refractivity contribution in [2.75, 3.05) is 26.8 Å². The first kappa shape index (κ1) is 20.1. The molecule has 0 spiro atoms. The quantitative estimate of drug-likeness (QED) is 0.860. The third-order valence-corrected chi connectivity index (χ3v) is 4.49. The van der Waals surface area contributed by atoms with Gasteiger partial charge in [0.2, 0.25) is 0 Å². The summed E-state index contributed by atoms with van der Waals surface area (Å²) in [7, 11) is 1.68. The van der Waals surface area contributed by atoms with Crippen LogP contribution in [0.4, 0.5) is 0 Å². The fourth-order valence-electron chi connectivity index (χ4n) is 3.02. The number of hydrogen-bond donors (Lipinski definition) is 1. The van der Waals surface area contributed by atoms with E-state index in [1.807, 2.05) is 6.07 Å². The van der Waals surface area contributed by atoms with Gasteiger partial charge in [0.1, 0.15) is 0 Å². The number of nitrogens with zero attached hydrogens (tertiary/aromatic N) is 1. The minimum Gasteiger partial charge on any atom is -0.493 e. The van der Waals surface area contributed by atoms with Crippen molar-refractivity contribution in [1.82, 2.24) is 4.90 Å². The Balaban J connectivity index is 0.00000264. The van der Waals surface area contributed by atoms with Crippen molar-refractivity contribution < 1.29 is 9.47 Å². The van der Waals surface area contributed by atoms with E-state index in [9.17, 15) is 0 Å². The smallest absolute Gasteiger partial charge is 0.161 e. The first-order chi connectivity index (χ1) is 10.5. The highest BCUT2D eigenvalue weighted by molar-refractivity contribution is 5.85. The third-order valence-electron chi connectivity index (χ3n) is 4.49. The standard InChI is InChI=1S/C18H30N2O2.ClH/c1-5-10-22-16-11-14(6-7-15(16)21-4)12-20-9-8-17(19)18(2,3)13-20;/h6-7,11,17H,5,8-10,12-13,19H2,1-4H3;1H. The van der Waals surface area contributed by atoms with Gasteiger partial charge in [-0.15, -0.1) is 12.4 Å². The van der Waals surface area contributed by atoms with Crippen LogP contribution < -0.4 is 15.2 Å². The van der Waals surface area contributed by atoms with Gasteiger partial charge >= 0.3 is 0 Å². The van der Waals surface area contributed by atoms with Gasteiger partial charge in [0.25, 0.3) is 0 Å². The van der Waals surface area contributed by atoms with Crippen molar-refractivity contribution in [3.63, 3.8) is 0 Å². The van der Waals surface area contributed by atoms with Gasteiger partial charge in [0.05, 0.1) is 13.7 Å². The van der Waals surface area contributed by atoms with Gasteiger partial charge in [-0.05, 0) is 36.0 Å². The van der Waals surface area contributed by atoms with E-state index in [1.54, 1.807) is 7.11 Å². The second-order valence-corrected chi connectivity index (χ2v) is 6.93. The van der Waals surface area contributed by atoms with Crippen LogP contribution in [0, 0.1) is 5.41 Å². The van der Waals surface area contributed by atoms with Gasteiger partial charge in [-0.25, -0.2) is 0 Å². The summed E-state index contributed by atoms with van der Waals surface area (Å²) >= 11 is 0. The van der Waals surface area contributed by atoms with Gasteiger partial charge in [0, 0.05) is 25.7 Å². The van der Waals surface area contributed by atoms with Crippen LogP contribution in [-0.2, 0) is 6.54 Å². The Morgan fingerprint density at radius 1 is 1.30 bits per heavy atom. The van der Waals surface area contributed by atoms with Crippen molar-refractivity contribution in [3.05, 3.63) is 23.8 Å². The van der Waals surface area contributed by atoms with Crippen LogP contribution in [0.25, 0.3) is 0 Å². The van der Waals surface area contributed by atoms with Gasteiger partial charge in [-0.3, -0.25) is 4.90 Å². The molecule has 1 aliphatic rings. The molecule has 132 valence electrons. The topological polar surface area (TPSA) is 47.7 Å². The SMILES string of the molecule is CCCOc1cc(CN2CCC(N)C(C)(C)C2)ccc1OC.Cl. The lowest BCUT2D eigenvalue weighted by atomic mass is 9.79. The first-order valence-corrected chi connectivity index (χ1v) is 8.24. The van der Waals surface area contributed by atoms with E-state index in [-0.39, 0.29) is 17.8 Å². The number of hydrogen-bond acceptors (Lipinski definition) is 4. The number of piperidine rings is 1. The van der Waals surface area contributed by atoms with E-state index >= 15 is 0 Å². The number of rotatable bonds is 6. The molecule has 1 aromatic rings. The van der Waals surface area contributed by atoms with Gasteiger partial charge in [0.15, 0.2) is 11.5 Å². The molecule has 1 heterocycles. The van der Waals surface area contributed by atoms with Crippen LogP contribution in [0.3, 0.4) is 0 Å². The van der Waals surface area contributed by atoms with E-state index < -0.39 is 0 Å². The lowest BCUT2D eigenvalue weighted by Gasteiger charge is -2.42. The highest BCUT2D eigenvalue weighted by Crippen LogP contribution is 2.31. The molecule has 0 saturated carbocycles. The molecule has 1 saturated heterocycles. The molecule has 1 fully saturated rings. The third kappa shape index (κ3) is 5.27. The molecule has 0 aromatic heterocycles. The summed E-state index contributed by atoms with van der Waals surface area (Å²) < 4.78 is 11.2. The zero-order chi connectivity index (χ0) is 16.2. The fraction of sp³-hybridized carbons (Fsp3) is 0.667. The zero-order valence-electron chi connectivity index (χ0n) is 14.8. The van der Waals surface area contributed by atoms with E-state index in [1.165, 1.54) is 5.56 Å². The van der Waals surface area contributed by atoms with Crippen molar-refractivity contribution in [1.29, 1.82) is 0 Å². The Morgan fingerprint density at radius 2 is 2.04 bits per heavy atom. The number of likely N-dealkylation sites (tertiary alicyclic amines) is 1. The van der Waals surface area contributed by atoms with Gasteiger partial charge in [-0.2, -0.15) is 0 Å². The number of halogens is 1. The van der Waals surface area contributed by atoms with Crippen LogP contribution >= 0.6 is 12.4 Å². The summed E-state index contributed by atoms with van der Waals surface area (Å²) in [5.74, 6) is 1.65. The zero-order valence-corrected chi connectivity index (χ0v) is 15.6. The Kier molecular flexibility index (Phi) is 7.65.